The van der Waals surface area contributed by atoms with Crippen molar-refractivity contribution in [2.75, 3.05) is 0 Å². The Balaban J connectivity index is 1.80. The van der Waals surface area contributed by atoms with E-state index in [4.69, 9.17) is 5.11 Å². The number of aromatic amines is 1. The van der Waals surface area contributed by atoms with Gasteiger partial charge in [0.25, 0.3) is 0 Å². The van der Waals surface area contributed by atoms with Gasteiger partial charge in [-0.25, -0.2) is 9.78 Å². The number of hydrogen-bond acceptors (Lipinski definition) is 3. The molecule has 0 bridgehead atoms. The van der Waals surface area contributed by atoms with E-state index in [1.54, 1.807) is 24.4 Å². The van der Waals surface area contributed by atoms with E-state index in [9.17, 15) is 4.79 Å². The number of carboxylic acids is 1. The third-order valence-corrected chi connectivity index (χ3v) is 3.12. The molecule has 0 aliphatic carbocycles. The first-order valence-electron chi connectivity index (χ1n) is 6.34. The lowest BCUT2D eigenvalue weighted by molar-refractivity contribution is 0.0697. The van der Waals surface area contributed by atoms with Gasteiger partial charge in [-0.15, -0.1) is 0 Å². The Morgan fingerprint density at radius 1 is 1.20 bits per heavy atom. The van der Waals surface area contributed by atoms with Crippen LogP contribution in [0.4, 0.5) is 0 Å². The normalized spacial score (nSPS) is 10.8. The zero-order valence-electron chi connectivity index (χ0n) is 10.7. The molecule has 5 nitrogen and oxygen atoms in total. The SMILES string of the molecule is O=C(O)c1ccc2nc(CCc3ccccn3)[nH]c2c1. The van der Waals surface area contributed by atoms with Gasteiger partial charge in [0.05, 0.1) is 16.6 Å². The largest absolute Gasteiger partial charge is 0.478 e. The zero-order valence-corrected chi connectivity index (χ0v) is 10.7. The summed E-state index contributed by atoms with van der Waals surface area (Å²) in [6, 6.07) is 10.7. The summed E-state index contributed by atoms with van der Waals surface area (Å²) in [4.78, 5) is 22.8. The lowest BCUT2D eigenvalue weighted by atomic mass is 10.2. The van der Waals surface area contributed by atoms with E-state index in [1.165, 1.54) is 0 Å². The van der Waals surface area contributed by atoms with Crippen LogP contribution in [0.3, 0.4) is 0 Å². The summed E-state index contributed by atoms with van der Waals surface area (Å²) < 4.78 is 0. The number of carbonyl (C=O) groups is 1. The minimum Gasteiger partial charge on any atom is -0.478 e. The third-order valence-electron chi connectivity index (χ3n) is 3.12. The molecule has 0 atom stereocenters. The van der Waals surface area contributed by atoms with Gasteiger partial charge in [0.2, 0.25) is 0 Å². The Morgan fingerprint density at radius 2 is 2.10 bits per heavy atom. The van der Waals surface area contributed by atoms with Crippen LogP contribution < -0.4 is 0 Å². The standard InChI is InChI=1S/C15H13N3O2/c19-15(20)10-4-6-12-13(9-10)18-14(17-12)7-5-11-3-1-2-8-16-11/h1-4,6,8-9H,5,7H2,(H,17,18)(H,19,20). The van der Waals surface area contributed by atoms with Crippen molar-refractivity contribution in [2.45, 2.75) is 12.8 Å². The number of carboxylic acid groups (broad SMARTS) is 1. The average Bonchev–Trinajstić information content (AvgIpc) is 2.88. The van der Waals surface area contributed by atoms with Crippen LogP contribution in [-0.4, -0.2) is 26.0 Å². The summed E-state index contributed by atoms with van der Waals surface area (Å²) in [6.45, 7) is 0. The average molecular weight is 267 g/mol. The molecule has 0 amide bonds. The summed E-state index contributed by atoms with van der Waals surface area (Å²) in [5.41, 5.74) is 2.81. The van der Waals surface area contributed by atoms with Gasteiger partial charge in [-0.3, -0.25) is 4.98 Å². The molecule has 3 aromatic rings. The number of imidazole rings is 1. The van der Waals surface area contributed by atoms with E-state index >= 15 is 0 Å². The summed E-state index contributed by atoms with van der Waals surface area (Å²) in [5, 5.41) is 8.96. The highest BCUT2D eigenvalue weighted by atomic mass is 16.4. The highest BCUT2D eigenvalue weighted by Crippen LogP contribution is 2.15. The van der Waals surface area contributed by atoms with Gasteiger partial charge < -0.3 is 10.1 Å². The Hall–Kier alpha value is -2.69. The van der Waals surface area contributed by atoms with Crippen molar-refractivity contribution < 1.29 is 9.90 Å². The monoisotopic (exact) mass is 267 g/mol. The minimum atomic E-state index is -0.934. The molecule has 0 aliphatic rings. The van der Waals surface area contributed by atoms with Crippen LogP contribution in [0.5, 0.6) is 0 Å². The second-order valence-electron chi connectivity index (χ2n) is 4.54. The lowest BCUT2D eigenvalue weighted by Crippen LogP contribution is -1.95. The van der Waals surface area contributed by atoms with Crippen molar-refractivity contribution in [3.05, 3.63) is 59.7 Å². The van der Waals surface area contributed by atoms with Gasteiger partial charge >= 0.3 is 5.97 Å². The van der Waals surface area contributed by atoms with Gasteiger partial charge in [-0.2, -0.15) is 0 Å². The maximum Gasteiger partial charge on any atom is 0.335 e. The lowest BCUT2D eigenvalue weighted by Gasteiger charge is -1.96. The molecular weight excluding hydrogens is 254 g/mol. The number of aryl methyl sites for hydroxylation is 2. The first kappa shape index (κ1) is 12.3. The number of benzene rings is 1. The Bertz CT molecular complexity index is 750. The van der Waals surface area contributed by atoms with E-state index in [-0.39, 0.29) is 5.56 Å². The smallest absolute Gasteiger partial charge is 0.335 e. The summed E-state index contributed by atoms with van der Waals surface area (Å²) in [7, 11) is 0. The van der Waals surface area contributed by atoms with Crippen LogP contribution in [0.2, 0.25) is 0 Å². The van der Waals surface area contributed by atoms with E-state index in [1.807, 2.05) is 18.2 Å². The van der Waals surface area contributed by atoms with Crippen LogP contribution in [0.15, 0.2) is 42.6 Å². The topological polar surface area (TPSA) is 78.9 Å². The summed E-state index contributed by atoms with van der Waals surface area (Å²) >= 11 is 0. The number of aromatic nitrogens is 3. The molecule has 0 saturated heterocycles. The molecule has 0 saturated carbocycles. The molecule has 0 spiro atoms. The predicted octanol–water partition coefficient (Wildman–Crippen LogP) is 2.44. The molecule has 1 aromatic carbocycles. The number of hydrogen-bond donors (Lipinski definition) is 2. The predicted molar refractivity (Wildman–Crippen MR) is 74.7 cm³/mol. The van der Waals surface area contributed by atoms with Crippen molar-refractivity contribution >= 4 is 17.0 Å². The van der Waals surface area contributed by atoms with Crippen molar-refractivity contribution in [2.24, 2.45) is 0 Å². The minimum absolute atomic E-state index is 0.262. The molecule has 2 N–H and O–H groups in total. The molecule has 2 aromatic heterocycles. The van der Waals surface area contributed by atoms with Gasteiger partial charge in [0.1, 0.15) is 5.82 Å². The molecule has 0 aliphatic heterocycles. The molecular formula is C15H13N3O2. The van der Waals surface area contributed by atoms with E-state index in [0.717, 1.165) is 35.4 Å². The third kappa shape index (κ3) is 2.51. The number of nitrogens with zero attached hydrogens (tertiary/aromatic N) is 2. The Morgan fingerprint density at radius 3 is 2.85 bits per heavy atom. The number of pyridine rings is 1. The second kappa shape index (κ2) is 5.13. The van der Waals surface area contributed by atoms with Crippen LogP contribution in [0.25, 0.3) is 11.0 Å². The maximum atomic E-state index is 10.9. The first-order chi connectivity index (χ1) is 9.72. The highest BCUT2D eigenvalue weighted by Gasteiger charge is 2.07. The Labute approximate surface area is 115 Å². The molecule has 5 heteroatoms. The number of H-pyrrole nitrogens is 1. The van der Waals surface area contributed by atoms with Gasteiger partial charge in [0, 0.05) is 18.3 Å². The van der Waals surface area contributed by atoms with Crippen molar-refractivity contribution in [3.8, 4) is 0 Å². The maximum absolute atomic E-state index is 10.9. The molecule has 0 unspecified atom stereocenters. The van der Waals surface area contributed by atoms with Crippen LogP contribution >= 0.6 is 0 Å². The van der Waals surface area contributed by atoms with Crippen LogP contribution in [0.1, 0.15) is 21.9 Å². The van der Waals surface area contributed by atoms with Crippen molar-refractivity contribution in [3.63, 3.8) is 0 Å². The van der Waals surface area contributed by atoms with E-state index in [2.05, 4.69) is 15.0 Å². The number of aromatic carboxylic acids is 1. The summed E-state index contributed by atoms with van der Waals surface area (Å²) in [5.74, 6) is -0.0928. The second-order valence-corrected chi connectivity index (χ2v) is 4.54. The fourth-order valence-electron chi connectivity index (χ4n) is 2.11. The molecule has 0 fully saturated rings. The highest BCUT2D eigenvalue weighted by molar-refractivity contribution is 5.92. The zero-order chi connectivity index (χ0) is 13.9. The number of fused-ring (bicyclic) bond motifs is 1. The molecule has 0 radical (unpaired) electrons. The molecule has 3 rings (SSSR count). The molecule has 2 heterocycles. The fraction of sp³-hybridized carbons (Fsp3) is 0.133. The summed E-state index contributed by atoms with van der Waals surface area (Å²) in [6.07, 6.45) is 3.31. The quantitative estimate of drug-likeness (QED) is 0.761. The van der Waals surface area contributed by atoms with Crippen molar-refractivity contribution in [1.29, 1.82) is 0 Å². The first-order valence-corrected chi connectivity index (χ1v) is 6.34. The van der Waals surface area contributed by atoms with Gasteiger partial charge in [-0.1, -0.05) is 6.07 Å². The van der Waals surface area contributed by atoms with E-state index in [0.29, 0.717) is 0 Å². The van der Waals surface area contributed by atoms with Gasteiger partial charge in [-0.05, 0) is 36.8 Å². The van der Waals surface area contributed by atoms with E-state index < -0.39 is 5.97 Å². The number of rotatable bonds is 4. The van der Waals surface area contributed by atoms with Crippen LogP contribution in [-0.2, 0) is 12.8 Å². The number of nitrogens with one attached hydrogen (secondary N) is 1. The Kier molecular flexibility index (Phi) is 3.16. The molecule has 20 heavy (non-hydrogen) atoms. The van der Waals surface area contributed by atoms with Crippen molar-refractivity contribution in [1.82, 2.24) is 15.0 Å². The van der Waals surface area contributed by atoms with Crippen LogP contribution in [0, 0.1) is 0 Å². The molecule has 100 valence electrons. The van der Waals surface area contributed by atoms with Gasteiger partial charge in [0.15, 0.2) is 0 Å². The fourth-order valence-corrected chi connectivity index (χ4v) is 2.11.